The topological polar surface area (TPSA) is 88.8 Å². The fraction of sp³-hybridized carbons (Fsp3) is 0.833. The van der Waals surface area contributed by atoms with E-state index in [0.29, 0.717) is 5.96 Å². The van der Waals surface area contributed by atoms with E-state index >= 15 is 0 Å². The summed E-state index contributed by atoms with van der Waals surface area (Å²) in [5.41, 5.74) is 10.7. The summed E-state index contributed by atoms with van der Waals surface area (Å²) in [6.45, 7) is 7.19. The minimum absolute atomic E-state index is 0.0492. The van der Waals surface area contributed by atoms with E-state index in [9.17, 15) is 0 Å². The van der Waals surface area contributed by atoms with Gasteiger partial charge in [-0.1, -0.05) is 33.1 Å². The number of nitrogens with two attached hydrogens (primary N) is 2. The molecule has 0 aliphatic heterocycles. The lowest BCUT2D eigenvalue weighted by Gasteiger charge is -2.08. The van der Waals surface area contributed by atoms with Gasteiger partial charge in [0.25, 0.3) is 0 Å². The smallest absolute Gasteiger partial charge is 0.221 e. The number of nitrogens with zero attached hydrogens (tertiary/aromatic N) is 2. The Hall–Kier alpha value is -1.26. The Kier molecular flexibility index (Phi) is 9.19. The normalized spacial score (nSPS) is 13.2. The van der Waals surface area contributed by atoms with Crippen LogP contribution in [0.3, 0.4) is 0 Å². The van der Waals surface area contributed by atoms with Crippen LogP contribution in [0, 0.1) is 0 Å². The molecule has 0 fully saturated rings. The average molecular weight is 241 g/mol. The number of rotatable bonds is 7. The summed E-state index contributed by atoms with van der Waals surface area (Å²) in [5, 5.41) is 3.18. The summed E-state index contributed by atoms with van der Waals surface area (Å²) in [6.07, 6.45) is 5.82. The quantitative estimate of drug-likeness (QED) is 0.359. The first-order valence-corrected chi connectivity index (χ1v) is 6.51. The van der Waals surface area contributed by atoms with Crippen LogP contribution in [0.4, 0.5) is 0 Å². The van der Waals surface area contributed by atoms with Crippen molar-refractivity contribution in [3.8, 4) is 0 Å². The molecule has 0 spiro atoms. The molecule has 0 saturated carbocycles. The lowest BCUT2D eigenvalue weighted by atomic mass is 10.2. The van der Waals surface area contributed by atoms with Crippen LogP contribution in [0.2, 0.25) is 0 Å². The van der Waals surface area contributed by atoms with Gasteiger partial charge < -0.3 is 16.8 Å². The average Bonchev–Trinajstić information content (AvgIpc) is 2.27. The predicted molar refractivity (Wildman–Crippen MR) is 75.1 cm³/mol. The minimum Gasteiger partial charge on any atom is -0.370 e. The molecule has 0 amide bonds. The third-order valence-corrected chi connectivity index (χ3v) is 2.48. The van der Waals surface area contributed by atoms with Gasteiger partial charge in [-0.2, -0.15) is 4.99 Å². The fourth-order valence-corrected chi connectivity index (χ4v) is 1.29. The Labute approximate surface area is 105 Å². The molecule has 100 valence electrons. The van der Waals surface area contributed by atoms with Crippen LogP contribution in [0.25, 0.3) is 0 Å². The highest BCUT2D eigenvalue weighted by molar-refractivity contribution is 5.93. The SMILES string of the molecule is CCCCCCNC(N=C(N)N)=NC(C)CC. The molecule has 0 aliphatic rings. The highest BCUT2D eigenvalue weighted by atomic mass is 15.2. The molecule has 1 atom stereocenters. The lowest BCUT2D eigenvalue weighted by molar-refractivity contribution is 0.647. The molecule has 0 bridgehead atoms. The molecule has 5 nitrogen and oxygen atoms in total. The lowest BCUT2D eigenvalue weighted by Crippen LogP contribution is -2.31. The summed E-state index contributed by atoms with van der Waals surface area (Å²) in [6, 6.07) is 0.233. The zero-order chi connectivity index (χ0) is 13.1. The van der Waals surface area contributed by atoms with E-state index in [1.54, 1.807) is 0 Å². The monoisotopic (exact) mass is 241 g/mol. The van der Waals surface area contributed by atoms with Crippen LogP contribution in [-0.4, -0.2) is 24.5 Å². The van der Waals surface area contributed by atoms with Crippen LogP contribution in [0.1, 0.15) is 52.9 Å². The number of aliphatic imine (C=N–C) groups is 2. The number of hydrogen-bond donors (Lipinski definition) is 3. The van der Waals surface area contributed by atoms with Crippen molar-refractivity contribution in [2.75, 3.05) is 6.54 Å². The van der Waals surface area contributed by atoms with E-state index in [-0.39, 0.29) is 12.0 Å². The zero-order valence-corrected chi connectivity index (χ0v) is 11.4. The molecule has 0 aromatic heterocycles. The van der Waals surface area contributed by atoms with Gasteiger partial charge in [-0.3, -0.25) is 0 Å². The summed E-state index contributed by atoms with van der Waals surface area (Å²) in [4.78, 5) is 8.40. The van der Waals surface area contributed by atoms with E-state index in [1.165, 1.54) is 19.3 Å². The van der Waals surface area contributed by atoms with Crippen molar-refractivity contribution in [1.82, 2.24) is 5.32 Å². The third-order valence-electron chi connectivity index (χ3n) is 2.48. The van der Waals surface area contributed by atoms with Gasteiger partial charge in [-0.25, -0.2) is 4.99 Å². The van der Waals surface area contributed by atoms with Crippen molar-refractivity contribution in [2.24, 2.45) is 21.5 Å². The Morgan fingerprint density at radius 3 is 2.41 bits per heavy atom. The molecular formula is C12H27N5. The molecule has 0 rings (SSSR count). The standard InChI is InChI=1S/C12H27N5/c1-4-6-7-8-9-15-12(17-11(13)14)16-10(3)5-2/h10H,4-9H2,1-3H3,(H5,13,14,15,16,17). The molecular weight excluding hydrogens is 214 g/mol. The van der Waals surface area contributed by atoms with Crippen molar-refractivity contribution in [1.29, 1.82) is 0 Å². The van der Waals surface area contributed by atoms with E-state index < -0.39 is 0 Å². The Balaban J connectivity index is 4.12. The first-order chi connectivity index (χ1) is 8.10. The molecule has 5 N–H and O–H groups in total. The maximum Gasteiger partial charge on any atom is 0.221 e. The molecule has 0 saturated heterocycles. The van der Waals surface area contributed by atoms with Crippen LogP contribution in [0.5, 0.6) is 0 Å². The summed E-state index contributed by atoms with van der Waals surface area (Å²) in [5.74, 6) is 0.601. The number of unbranched alkanes of at least 4 members (excludes halogenated alkanes) is 3. The summed E-state index contributed by atoms with van der Waals surface area (Å²) >= 11 is 0. The van der Waals surface area contributed by atoms with E-state index in [4.69, 9.17) is 11.5 Å². The summed E-state index contributed by atoms with van der Waals surface area (Å²) < 4.78 is 0. The first-order valence-electron chi connectivity index (χ1n) is 6.51. The van der Waals surface area contributed by atoms with Gasteiger partial charge in [0.2, 0.25) is 5.96 Å². The van der Waals surface area contributed by atoms with E-state index in [1.807, 2.05) is 6.92 Å². The van der Waals surface area contributed by atoms with Crippen molar-refractivity contribution in [2.45, 2.75) is 58.9 Å². The second-order valence-corrected chi connectivity index (χ2v) is 4.23. The molecule has 5 heteroatoms. The highest BCUT2D eigenvalue weighted by Gasteiger charge is 2.00. The minimum atomic E-state index is 0.0492. The Bertz CT molecular complexity index is 243. The summed E-state index contributed by atoms with van der Waals surface area (Å²) in [7, 11) is 0. The van der Waals surface area contributed by atoms with Crippen LogP contribution in [-0.2, 0) is 0 Å². The number of nitrogens with one attached hydrogen (secondary N) is 1. The number of guanidine groups is 2. The van der Waals surface area contributed by atoms with Crippen molar-refractivity contribution in [3.05, 3.63) is 0 Å². The van der Waals surface area contributed by atoms with E-state index in [2.05, 4.69) is 29.1 Å². The maximum absolute atomic E-state index is 5.37. The largest absolute Gasteiger partial charge is 0.370 e. The van der Waals surface area contributed by atoms with Crippen LogP contribution < -0.4 is 16.8 Å². The molecule has 0 radical (unpaired) electrons. The third kappa shape index (κ3) is 9.66. The van der Waals surface area contributed by atoms with Crippen molar-refractivity contribution < 1.29 is 0 Å². The van der Waals surface area contributed by atoms with Crippen LogP contribution >= 0.6 is 0 Å². The van der Waals surface area contributed by atoms with Gasteiger partial charge in [0, 0.05) is 6.54 Å². The Morgan fingerprint density at radius 1 is 1.18 bits per heavy atom. The van der Waals surface area contributed by atoms with Crippen molar-refractivity contribution in [3.63, 3.8) is 0 Å². The molecule has 0 aromatic carbocycles. The van der Waals surface area contributed by atoms with Gasteiger partial charge in [0.05, 0.1) is 6.04 Å². The number of hydrogen-bond acceptors (Lipinski definition) is 1. The van der Waals surface area contributed by atoms with Gasteiger partial charge in [0.1, 0.15) is 0 Å². The van der Waals surface area contributed by atoms with E-state index in [0.717, 1.165) is 19.4 Å². The van der Waals surface area contributed by atoms with Crippen LogP contribution in [0.15, 0.2) is 9.98 Å². The highest BCUT2D eigenvalue weighted by Crippen LogP contribution is 1.98. The molecule has 0 aliphatic carbocycles. The Morgan fingerprint density at radius 2 is 1.88 bits per heavy atom. The maximum atomic E-state index is 5.37. The fourth-order valence-electron chi connectivity index (χ4n) is 1.29. The van der Waals surface area contributed by atoms with Gasteiger partial charge in [0.15, 0.2) is 5.96 Å². The van der Waals surface area contributed by atoms with Gasteiger partial charge in [-0.05, 0) is 19.8 Å². The molecule has 0 heterocycles. The predicted octanol–water partition coefficient (Wildman–Crippen LogP) is 1.58. The van der Waals surface area contributed by atoms with Crippen molar-refractivity contribution >= 4 is 11.9 Å². The van der Waals surface area contributed by atoms with Gasteiger partial charge in [-0.15, -0.1) is 0 Å². The first kappa shape index (κ1) is 15.7. The molecule has 1 unspecified atom stereocenters. The zero-order valence-electron chi connectivity index (χ0n) is 11.4. The molecule has 17 heavy (non-hydrogen) atoms. The second-order valence-electron chi connectivity index (χ2n) is 4.23. The van der Waals surface area contributed by atoms with Gasteiger partial charge >= 0.3 is 0 Å². The molecule has 0 aromatic rings. The second kappa shape index (κ2) is 9.93.